The van der Waals surface area contributed by atoms with Gasteiger partial charge in [0.05, 0.1) is 11.1 Å². The van der Waals surface area contributed by atoms with Gasteiger partial charge in [-0.15, -0.1) is 0 Å². The molecule has 7 nitrogen and oxygen atoms in total. The summed E-state index contributed by atoms with van der Waals surface area (Å²) in [6.07, 6.45) is 0. The number of hydrogen-bond acceptors (Lipinski definition) is 6. The molecule has 28 heavy (non-hydrogen) atoms. The lowest BCUT2D eigenvalue weighted by Gasteiger charge is -2.26. The maximum atomic E-state index is 13.2. The Hall–Kier alpha value is -2.70. The highest BCUT2D eigenvalue weighted by Gasteiger charge is 2.87. The van der Waals surface area contributed by atoms with Crippen molar-refractivity contribution in [3.8, 4) is 0 Å². The zero-order chi connectivity index (χ0) is 21.3. The van der Waals surface area contributed by atoms with E-state index in [9.17, 15) is 19.2 Å². The first-order valence-electron chi connectivity index (χ1n) is 9.14. The third-order valence-electron chi connectivity index (χ3n) is 6.32. The van der Waals surface area contributed by atoms with Crippen LogP contribution in [0.5, 0.6) is 0 Å². The Labute approximate surface area is 163 Å². The Balaban J connectivity index is 1.94. The van der Waals surface area contributed by atoms with E-state index in [1.54, 1.807) is 60.6 Å². The summed E-state index contributed by atoms with van der Waals surface area (Å²) in [4.78, 5) is 56.6. The van der Waals surface area contributed by atoms with E-state index in [1.807, 2.05) is 0 Å². The van der Waals surface area contributed by atoms with Crippen molar-refractivity contribution in [1.29, 1.82) is 0 Å². The highest BCUT2D eigenvalue weighted by atomic mass is 16.7. The monoisotopic (exact) mass is 387 g/mol. The normalized spacial score (nSPS) is 21.2. The number of hydrogen-bond donors (Lipinski definition) is 0. The average molecular weight is 387 g/mol. The second-order valence-electron chi connectivity index (χ2n) is 9.33. The van der Waals surface area contributed by atoms with E-state index < -0.39 is 45.6 Å². The number of fused-ring (bicyclic) bond motifs is 1. The van der Waals surface area contributed by atoms with Gasteiger partial charge in [-0.3, -0.25) is 14.4 Å². The number of nitrogens with zero attached hydrogens (tertiary/aromatic N) is 1. The number of hydroxylamine groups is 2. The molecule has 2 amide bonds. The van der Waals surface area contributed by atoms with Crippen LogP contribution in [-0.4, -0.2) is 34.4 Å². The maximum Gasteiger partial charge on any atom is 0.351 e. The number of carbonyl (C=O) groups is 4. The minimum Gasteiger partial charge on any atom is -0.459 e. The van der Waals surface area contributed by atoms with Crippen molar-refractivity contribution < 1.29 is 28.8 Å². The van der Waals surface area contributed by atoms with Crippen LogP contribution in [-0.2, 0) is 19.2 Å². The van der Waals surface area contributed by atoms with Crippen LogP contribution in [0.2, 0.25) is 0 Å². The van der Waals surface area contributed by atoms with Gasteiger partial charge in [-0.05, 0) is 43.7 Å². The van der Waals surface area contributed by atoms with Crippen LogP contribution in [0, 0.1) is 16.2 Å². The lowest BCUT2D eigenvalue weighted by molar-refractivity contribution is -0.189. The molecule has 1 aromatic carbocycles. The molecular weight excluding hydrogens is 362 g/mol. The van der Waals surface area contributed by atoms with Crippen LogP contribution < -0.4 is 0 Å². The second-order valence-corrected chi connectivity index (χ2v) is 9.33. The third kappa shape index (κ3) is 2.34. The molecule has 1 fully saturated rings. The molecule has 1 aliphatic heterocycles. The van der Waals surface area contributed by atoms with Gasteiger partial charge in [-0.25, -0.2) is 4.79 Å². The molecule has 1 heterocycles. The summed E-state index contributed by atoms with van der Waals surface area (Å²) in [7, 11) is 0. The summed E-state index contributed by atoms with van der Waals surface area (Å²) in [6, 6.07) is 6.20. The topological polar surface area (TPSA) is 90.0 Å². The smallest absolute Gasteiger partial charge is 0.351 e. The van der Waals surface area contributed by atoms with Gasteiger partial charge >= 0.3 is 11.9 Å². The highest BCUT2D eigenvalue weighted by Crippen LogP contribution is 2.78. The second kappa shape index (κ2) is 5.65. The molecule has 1 aromatic rings. The first-order valence-corrected chi connectivity index (χ1v) is 9.14. The quantitative estimate of drug-likeness (QED) is 0.450. The number of imide groups is 1. The van der Waals surface area contributed by atoms with Crippen molar-refractivity contribution in [2.45, 2.75) is 54.1 Å². The van der Waals surface area contributed by atoms with Crippen molar-refractivity contribution in [3.05, 3.63) is 35.4 Å². The van der Waals surface area contributed by atoms with Gasteiger partial charge in [0.1, 0.15) is 5.60 Å². The van der Waals surface area contributed by atoms with Crippen LogP contribution in [0.15, 0.2) is 24.3 Å². The molecule has 150 valence electrons. The van der Waals surface area contributed by atoms with Gasteiger partial charge in [0.2, 0.25) is 0 Å². The van der Waals surface area contributed by atoms with E-state index in [1.165, 1.54) is 12.1 Å². The van der Waals surface area contributed by atoms with Crippen molar-refractivity contribution >= 4 is 23.8 Å². The lowest BCUT2D eigenvalue weighted by atomic mass is 9.94. The summed E-state index contributed by atoms with van der Waals surface area (Å²) in [5.41, 5.74) is -3.73. The molecule has 1 aliphatic carbocycles. The number of amides is 2. The van der Waals surface area contributed by atoms with Crippen LogP contribution in [0.3, 0.4) is 0 Å². The third-order valence-corrected chi connectivity index (χ3v) is 6.32. The zero-order valence-electron chi connectivity index (χ0n) is 17.2. The fourth-order valence-corrected chi connectivity index (χ4v) is 4.17. The fraction of sp³-hybridized carbons (Fsp3) is 0.524. The molecule has 0 unspecified atom stereocenters. The van der Waals surface area contributed by atoms with Gasteiger partial charge in [0, 0.05) is 0 Å². The minimum absolute atomic E-state index is 0.154. The SMILES string of the molecule is CC(C)(C)OC(=O)C1(C(=O)ON2C(=O)c3ccccc3C2=O)C(C)(C)C1(C)C. The largest absolute Gasteiger partial charge is 0.459 e. The van der Waals surface area contributed by atoms with Crippen LogP contribution in [0.1, 0.15) is 69.2 Å². The molecular formula is C21H25NO6. The van der Waals surface area contributed by atoms with Crippen LogP contribution in [0.4, 0.5) is 0 Å². The molecule has 0 radical (unpaired) electrons. The summed E-state index contributed by atoms with van der Waals surface area (Å²) in [5, 5.41) is 0.434. The van der Waals surface area contributed by atoms with Gasteiger partial charge in [0.15, 0.2) is 5.41 Å². The van der Waals surface area contributed by atoms with Gasteiger partial charge < -0.3 is 9.57 Å². The Morgan fingerprint density at radius 1 is 0.857 bits per heavy atom. The van der Waals surface area contributed by atoms with Crippen LogP contribution in [0.25, 0.3) is 0 Å². The van der Waals surface area contributed by atoms with Crippen molar-refractivity contribution in [3.63, 3.8) is 0 Å². The van der Waals surface area contributed by atoms with Crippen LogP contribution >= 0.6 is 0 Å². The first kappa shape index (κ1) is 20.0. The predicted molar refractivity (Wildman–Crippen MR) is 98.9 cm³/mol. The molecule has 0 saturated heterocycles. The van der Waals surface area contributed by atoms with E-state index in [0.29, 0.717) is 5.06 Å². The Bertz CT molecular complexity index is 857. The summed E-state index contributed by atoms with van der Waals surface area (Å²) in [6.45, 7) is 12.2. The first-order chi connectivity index (χ1) is 12.7. The number of esters is 1. The molecule has 7 heteroatoms. The number of rotatable bonds is 3. The minimum atomic E-state index is -1.64. The van der Waals surface area contributed by atoms with Gasteiger partial charge in [-0.1, -0.05) is 44.9 Å². The highest BCUT2D eigenvalue weighted by molar-refractivity contribution is 6.21. The molecule has 0 bridgehead atoms. The van der Waals surface area contributed by atoms with Crippen molar-refractivity contribution in [2.75, 3.05) is 0 Å². The molecule has 3 rings (SSSR count). The number of ether oxygens (including phenoxy) is 1. The Morgan fingerprint density at radius 2 is 1.29 bits per heavy atom. The van der Waals surface area contributed by atoms with Crippen molar-refractivity contribution in [1.82, 2.24) is 5.06 Å². The fourth-order valence-electron chi connectivity index (χ4n) is 4.17. The Kier molecular flexibility index (Phi) is 4.05. The summed E-state index contributed by atoms with van der Waals surface area (Å²) < 4.78 is 5.51. The molecule has 1 saturated carbocycles. The number of carbonyl (C=O) groups excluding carboxylic acids is 4. The van der Waals surface area contributed by atoms with E-state index in [0.717, 1.165) is 0 Å². The average Bonchev–Trinajstić information content (AvgIpc) is 2.80. The lowest BCUT2D eigenvalue weighted by Crippen LogP contribution is -2.43. The van der Waals surface area contributed by atoms with Crippen molar-refractivity contribution in [2.24, 2.45) is 16.2 Å². The molecule has 0 atom stereocenters. The molecule has 0 N–H and O–H groups in total. The van der Waals surface area contributed by atoms with Gasteiger partial charge in [0.25, 0.3) is 11.8 Å². The predicted octanol–water partition coefficient (Wildman–Crippen LogP) is 3.13. The standard InChI is InChI=1S/C21H25NO6/c1-18(2,3)27-16(25)21(19(4,5)20(21,6)7)17(26)28-22-14(23)12-10-8-9-11-13(12)15(22)24/h8-11H,1-7H3. The molecule has 2 aliphatic rings. The van der Waals surface area contributed by atoms with E-state index in [-0.39, 0.29) is 11.1 Å². The van der Waals surface area contributed by atoms with E-state index in [2.05, 4.69) is 0 Å². The maximum absolute atomic E-state index is 13.2. The molecule has 0 spiro atoms. The number of benzene rings is 1. The summed E-state index contributed by atoms with van der Waals surface area (Å²) >= 11 is 0. The van der Waals surface area contributed by atoms with Gasteiger partial charge in [-0.2, -0.15) is 0 Å². The zero-order valence-corrected chi connectivity index (χ0v) is 17.2. The van der Waals surface area contributed by atoms with E-state index >= 15 is 0 Å². The van der Waals surface area contributed by atoms with E-state index in [4.69, 9.17) is 9.57 Å². The Morgan fingerprint density at radius 3 is 1.64 bits per heavy atom. The molecule has 0 aromatic heterocycles. The summed E-state index contributed by atoms with van der Waals surface area (Å²) in [5.74, 6) is -3.16.